The van der Waals surface area contributed by atoms with Crippen molar-refractivity contribution in [1.29, 1.82) is 0 Å². The molecule has 1 aromatic carbocycles. The summed E-state index contributed by atoms with van der Waals surface area (Å²) in [6, 6.07) is 4.69. The van der Waals surface area contributed by atoms with Crippen molar-refractivity contribution in [3.63, 3.8) is 0 Å². The number of alkyl halides is 3. The molecule has 1 aromatic rings. The average Bonchev–Trinajstić information content (AvgIpc) is 2.35. The lowest BCUT2D eigenvalue weighted by Crippen LogP contribution is -2.26. The molecule has 0 N–H and O–H groups in total. The van der Waals surface area contributed by atoms with Gasteiger partial charge in [-0.25, -0.2) is 0 Å². The number of halogens is 3. The topological polar surface area (TPSA) is 43.4 Å². The Hall–Kier alpha value is -1.59. The van der Waals surface area contributed by atoms with E-state index in [0.717, 1.165) is 0 Å². The number of benzene rings is 1. The van der Waals surface area contributed by atoms with E-state index in [1.807, 2.05) is 0 Å². The SMILES string of the molecule is C#Cc1ccc2c(c1)C(OS(=O)(=O)C(F)(F)F)=CC(C)(C)S2. The molecule has 0 radical (unpaired) electrons. The first-order chi connectivity index (χ1) is 9.95. The van der Waals surface area contributed by atoms with Gasteiger partial charge in [0.25, 0.3) is 0 Å². The number of terminal acetylenes is 1. The van der Waals surface area contributed by atoms with E-state index in [2.05, 4.69) is 10.1 Å². The predicted molar refractivity (Wildman–Crippen MR) is 78.3 cm³/mol. The van der Waals surface area contributed by atoms with Crippen molar-refractivity contribution in [3.05, 3.63) is 35.4 Å². The Kier molecular flexibility index (Phi) is 4.00. The minimum Gasteiger partial charge on any atom is -0.376 e. The van der Waals surface area contributed by atoms with Gasteiger partial charge in [-0.1, -0.05) is 5.92 Å². The van der Waals surface area contributed by atoms with Crippen LogP contribution in [0.5, 0.6) is 0 Å². The quantitative estimate of drug-likeness (QED) is 0.464. The molecule has 1 aliphatic heterocycles. The van der Waals surface area contributed by atoms with Crippen molar-refractivity contribution in [2.75, 3.05) is 0 Å². The van der Waals surface area contributed by atoms with E-state index in [4.69, 9.17) is 6.42 Å². The normalized spacial score (nSPS) is 17.2. The van der Waals surface area contributed by atoms with Crippen molar-refractivity contribution in [2.24, 2.45) is 0 Å². The Morgan fingerprint density at radius 2 is 1.95 bits per heavy atom. The Labute approximate surface area is 130 Å². The zero-order valence-corrected chi connectivity index (χ0v) is 13.2. The summed E-state index contributed by atoms with van der Waals surface area (Å²) in [5.74, 6) is 1.98. The molecule has 22 heavy (non-hydrogen) atoms. The van der Waals surface area contributed by atoms with Crippen molar-refractivity contribution in [3.8, 4) is 12.3 Å². The van der Waals surface area contributed by atoms with Crippen molar-refractivity contribution in [2.45, 2.75) is 29.0 Å². The fraction of sp³-hybridized carbons (Fsp3) is 0.286. The van der Waals surface area contributed by atoms with E-state index < -0.39 is 20.4 Å². The largest absolute Gasteiger partial charge is 0.534 e. The average molecular weight is 348 g/mol. The minimum absolute atomic E-state index is 0.229. The first-order valence-electron chi connectivity index (χ1n) is 5.99. The van der Waals surface area contributed by atoms with Crippen molar-refractivity contribution in [1.82, 2.24) is 0 Å². The number of rotatable bonds is 2. The molecule has 0 saturated carbocycles. The molecule has 0 fully saturated rings. The number of hydrogen-bond donors (Lipinski definition) is 0. The lowest BCUT2D eigenvalue weighted by atomic mass is 10.1. The third kappa shape index (κ3) is 3.25. The van der Waals surface area contributed by atoms with Gasteiger partial charge in [0.15, 0.2) is 0 Å². The highest BCUT2D eigenvalue weighted by Gasteiger charge is 2.49. The second-order valence-electron chi connectivity index (χ2n) is 5.05. The van der Waals surface area contributed by atoms with Crippen LogP contribution in [0.25, 0.3) is 5.76 Å². The van der Waals surface area contributed by atoms with Gasteiger partial charge in [0.1, 0.15) is 5.76 Å². The molecule has 2 rings (SSSR count). The standard InChI is InChI=1S/C14H11F3O3S2/c1-4-9-5-6-12-10(7-9)11(8-13(2,3)21-12)20-22(18,19)14(15,16)17/h1,5-8H,2-3H3. The van der Waals surface area contributed by atoms with Crippen LogP contribution in [-0.4, -0.2) is 18.7 Å². The molecule has 0 aromatic heterocycles. The Balaban J connectivity index is 2.55. The molecule has 0 spiro atoms. The molecule has 0 saturated heterocycles. The summed E-state index contributed by atoms with van der Waals surface area (Å²) in [6.07, 6.45) is 6.60. The highest BCUT2D eigenvalue weighted by Crippen LogP contribution is 2.45. The fourth-order valence-electron chi connectivity index (χ4n) is 1.84. The first kappa shape index (κ1) is 16.8. The summed E-state index contributed by atoms with van der Waals surface area (Å²) in [4.78, 5) is 0.596. The molecule has 1 aliphatic rings. The van der Waals surface area contributed by atoms with Crippen LogP contribution in [0.15, 0.2) is 29.2 Å². The summed E-state index contributed by atoms with van der Waals surface area (Å²) < 4.78 is 63.8. The first-order valence-corrected chi connectivity index (χ1v) is 8.21. The van der Waals surface area contributed by atoms with Crippen molar-refractivity contribution >= 4 is 27.6 Å². The number of hydrogen-bond acceptors (Lipinski definition) is 4. The van der Waals surface area contributed by atoms with Gasteiger partial charge in [0.2, 0.25) is 0 Å². The van der Waals surface area contributed by atoms with E-state index in [9.17, 15) is 21.6 Å². The third-order valence-electron chi connectivity index (χ3n) is 2.75. The Morgan fingerprint density at radius 1 is 1.32 bits per heavy atom. The Bertz CT molecular complexity index is 785. The summed E-state index contributed by atoms with van der Waals surface area (Å²) in [7, 11) is -5.74. The van der Waals surface area contributed by atoms with E-state index in [1.54, 1.807) is 26.0 Å². The van der Waals surface area contributed by atoms with Crippen LogP contribution in [0.3, 0.4) is 0 Å². The maximum atomic E-state index is 12.5. The van der Waals surface area contributed by atoms with E-state index >= 15 is 0 Å². The van der Waals surface area contributed by atoms with Gasteiger partial charge < -0.3 is 4.18 Å². The van der Waals surface area contributed by atoms with Gasteiger partial charge in [-0.3, -0.25) is 0 Å². The molecular formula is C14H11F3O3S2. The fourth-order valence-corrected chi connectivity index (χ4v) is 3.45. The molecule has 3 nitrogen and oxygen atoms in total. The van der Waals surface area contributed by atoms with Gasteiger partial charge in [0, 0.05) is 20.8 Å². The molecule has 0 atom stereocenters. The van der Waals surface area contributed by atoms with Crippen LogP contribution < -0.4 is 0 Å². The van der Waals surface area contributed by atoms with Gasteiger partial charge in [-0.2, -0.15) is 21.6 Å². The monoisotopic (exact) mass is 348 g/mol. The predicted octanol–water partition coefficient (Wildman–Crippen LogP) is 3.76. The van der Waals surface area contributed by atoms with Crippen molar-refractivity contribution < 1.29 is 25.8 Å². The summed E-state index contributed by atoms with van der Waals surface area (Å²) in [5, 5.41) is 0. The molecule has 0 amide bonds. The molecule has 1 heterocycles. The van der Waals surface area contributed by atoms with Crippen LogP contribution in [0.4, 0.5) is 13.2 Å². The van der Waals surface area contributed by atoms with E-state index in [-0.39, 0.29) is 11.3 Å². The van der Waals surface area contributed by atoms with Crippen LogP contribution in [-0.2, 0) is 14.3 Å². The third-order valence-corrected chi connectivity index (χ3v) is 4.93. The molecule has 0 unspecified atom stereocenters. The van der Waals surface area contributed by atoms with Crippen LogP contribution in [0.2, 0.25) is 0 Å². The molecule has 0 aliphatic carbocycles. The van der Waals surface area contributed by atoms with Crippen LogP contribution >= 0.6 is 11.8 Å². The summed E-state index contributed by atoms with van der Waals surface area (Å²) in [6.45, 7) is 3.47. The molecular weight excluding hydrogens is 337 g/mol. The molecule has 118 valence electrons. The van der Waals surface area contributed by atoms with Crippen LogP contribution in [0.1, 0.15) is 25.0 Å². The van der Waals surface area contributed by atoms with Gasteiger partial charge in [-0.05, 0) is 38.1 Å². The van der Waals surface area contributed by atoms with Gasteiger partial charge in [-0.15, -0.1) is 18.2 Å². The second kappa shape index (κ2) is 5.25. The second-order valence-corrected chi connectivity index (χ2v) is 8.29. The number of thioether (sulfide) groups is 1. The lowest BCUT2D eigenvalue weighted by Gasteiger charge is -2.28. The summed E-state index contributed by atoms with van der Waals surface area (Å²) >= 11 is 1.37. The maximum absolute atomic E-state index is 12.5. The van der Waals surface area contributed by atoms with Crippen LogP contribution in [0, 0.1) is 12.3 Å². The molecule has 0 bridgehead atoms. The summed E-state index contributed by atoms with van der Waals surface area (Å²) in [5.41, 5.74) is -4.85. The van der Waals surface area contributed by atoms with E-state index in [0.29, 0.717) is 10.5 Å². The lowest BCUT2D eigenvalue weighted by molar-refractivity contribution is -0.0509. The zero-order chi connectivity index (χ0) is 16.8. The smallest absolute Gasteiger partial charge is 0.376 e. The Morgan fingerprint density at radius 3 is 2.50 bits per heavy atom. The van der Waals surface area contributed by atoms with Gasteiger partial charge >= 0.3 is 15.6 Å². The molecule has 8 heteroatoms. The highest BCUT2D eigenvalue weighted by molar-refractivity contribution is 8.01. The minimum atomic E-state index is -5.74. The number of fused-ring (bicyclic) bond motifs is 1. The highest BCUT2D eigenvalue weighted by atomic mass is 32.2. The maximum Gasteiger partial charge on any atom is 0.534 e. The van der Waals surface area contributed by atoms with E-state index in [1.165, 1.54) is 23.9 Å². The van der Waals surface area contributed by atoms with Gasteiger partial charge in [0.05, 0.1) is 0 Å². The zero-order valence-electron chi connectivity index (χ0n) is 11.6.